The summed E-state index contributed by atoms with van der Waals surface area (Å²) < 4.78 is 4.80. The molecule has 0 heterocycles. The highest BCUT2D eigenvalue weighted by molar-refractivity contribution is 9.08. The topological polar surface area (TPSA) is 26.3 Å². The third-order valence-electron chi connectivity index (χ3n) is 2.27. The smallest absolute Gasteiger partial charge is 0.338 e. The number of benzene rings is 1. The molecule has 0 amide bonds. The maximum absolute atomic E-state index is 11.7. The zero-order valence-electron chi connectivity index (χ0n) is 9.50. The standard InChI is InChI=1S/C13H15BrO2/c1-3-6-12(13(15)16-2)11-8-5-4-7-10(11)9-14/h4-8H,3,9H2,1-2H3. The monoisotopic (exact) mass is 282 g/mol. The molecule has 0 aliphatic carbocycles. The van der Waals surface area contributed by atoms with Crippen molar-refractivity contribution in [3.8, 4) is 0 Å². The van der Waals surface area contributed by atoms with Gasteiger partial charge in [0.2, 0.25) is 0 Å². The molecule has 2 nitrogen and oxygen atoms in total. The third-order valence-corrected chi connectivity index (χ3v) is 2.87. The van der Waals surface area contributed by atoms with Crippen molar-refractivity contribution in [1.82, 2.24) is 0 Å². The summed E-state index contributed by atoms with van der Waals surface area (Å²) in [5.74, 6) is -0.282. The maximum atomic E-state index is 11.7. The van der Waals surface area contributed by atoms with Crippen molar-refractivity contribution in [2.75, 3.05) is 7.11 Å². The summed E-state index contributed by atoms with van der Waals surface area (Å²) in [6.45, 7) is 2.00. The van der Waals surface area contributed by atoms with Gasteiger partial charge in [0.25, 0.3) is 0 Å². The SMILES string of the molecule is CCC=C(C(=O)OC)c1ccccc1CBr. The van der Waals surface area contributed by atoms with Gasteiger partial charge in [0, 0.05) is 5.33 Å². The summed E-state index contributed by atoms with van der Waals surface area (Å²) in [4.78, 5) is 11.7. The van der Waals surface area contributed by atoms with Crippen molar-refractivity contribution < 1.29 is 9.53 Å². The van der Waals surface area contributed by atoms with Crippen molar-refractivity contribution in [3.63, 3.8) is 0 Å². The minimum absolute atomic E-state index is 0.282. The number of halogens is 1. The molecule has 0 aliphatic heterocycles. The highest BCUT2D eigenvalue weighted by Gasteiger charge is 2.14. The second kappa shape index (κ2) is 6.48. The van der Waals surface area contributed by atoms with Crippen LogP contribution in [0, 0.1) is 0 Å². The molecule has 0 aliphatic rings. The molecule has 1 rings (SSSR count). The summed E-state index contributed by atoms with van der Waals surface area (Å²) in [7, 11) is 1.41. The van der Waals surface area contributed by atoms with Gasteiger partial charge in [-0.25, -0.2) is 4.79 Å². The summed E-state index contributed by atoms with van der Waals surface area (Å²) in [5.41, 5.74) is 2.67. The van der Waals surface area contributed by atoms with E-state index in [1.165, 1.54) is 7.11 Å². The van der Waals surface area contributed by atoms with Crippen LogP contribution in [0.1, 0.15) is 24.5 Å². The van der Waals surface area contributed by atoms with Crippen LogP contribution in [-0.4, -0.2) is 13.1 Å². The Morgan fingerprint density at radius 1 is 1.44 bits per heavy atom. The summed E-state index contributed by atoms with van der Waals surface area (Å²) >= 11 is 3.42. The van der Waals surface area contributed by atoms with Crippen molar-refractivity contribution >= 4 is 27.5 Å². The number of hydrogen-bond acceptors (Lipinski definition) is 2. The lowest BCUT2D eigenvalue weighted by atomic mass is 10.00. The van der Waals surface area contributed by atoms with E-state index in [1.807, 2.05) is 37.3 Å². The van der Waals surface area contributed by atoms with Crippen LogP contribution in [0.3, 0.4) is 0 Å². The van der Waals surface area contributed by atoms with E-state index in [0.29, 0.717) is 5.57 Å². The maximum Gasteiger partial charge on any atom is 0.338 e. The first kappa shape index (κ1) is 13.0. The van der Waals surface area contributed by atoms with Crippen molar-refractivity contribution in [2.24, 2.45) is 0 Å². The first-order chi connectivity index (χ1) is 7.74. The van der Waals surface area contributed by atoms with Gasteiger partial charge in [-0.3, -0.25) is 0 Å². The fraction of sp³-hybridized carbons (Fsp3) is 0.308. The molecule has 0 bridgehead atoms. The Morgan fingerprint density at radius 2 is 2.12 bits per heavy atom. The van der Waals surface area contributed by atoms with Gasteiger partial charge in [-0.05, 0) is 17.5 Å². The molecular formula is C13H15BrO2. The van der Waals surface area contributed by atoms with Crippen molar-refractivity contribution in [1.29, 1.82) is 0 Å². The quantitative estimate of drug-likeness (QED) is 0.480. The van der Waals surface area contributed by atoms with E-state index < -0.39 is 0 Å². The van der Waals surface area contributed by atoms with Crippen LogP contribution in [0.25, 0.3) is 5.57 Å². The molecule has 1 aromatic rings. The van der Waals surface area contributed by atoms with Gasteiger partial charge in [-0.2, -0.15) is 0 Å². The van der Waals surface area contributed by atoms with E-state index in [4.69, 9.17) is 4.74 Å². The Bertz CT molecular complexity index is 397. The number of ether oxygens (including phenoxy) is 1. The number of alkyl halides is 1. The molecule has 0 saturated carbocycles. The minimum Gasteiger partial charge on any atom is -0.465 e. The van der Waals surface area contributed by atoms with Crippen LogP contribution < -0.4 is 0 Å². The predicted octanol–water partition coefficient (Wildman–Crippen LogP) is 3.55. The fourth-order valence-corrected chi connectivity index (χ4v) is 2.01. The first-order valence-corrected chi connectivity index (χ1v) is 6.29. The van der Waals surface area contributed by atoms with Crippen LogP contribution >= 0.6 is 15.9 Å². The summed E-state index contributed by atoms with van der Waals surface area (Å²) in [6, 6.07) is 7.82. The van der Waals surface area contributed by atoms with Crippen molar-refractivity contribution in [3.05, 3.63) is 41.5 Å². The first-order valence-electron chi connectivity index (χ1n) is 5.17. The molecule has 0 fully saturated rings. The molecule has 0 saturated heterocycles. The number of esters is 1. The molecule has 16 heavy (non-hydrogen) atoms. The molecule has 0 unspecified atom stereocenters. The van der Waals surface area contributed by atoms with E-state index >= 15 is 0 Å². The lowest BCUT2D eigenvalue weighted by molar-refractivity contribution is -0.133. The Balaban J connectivity index is 3.21. The molecule has 0 spiro atoms. The Morgan fingerprint density at radius 3 is 2.69 bits per heavy atom. The molecule has 0 N–H and O–H groups in total. The van der Waals surface area contributed by atoms with E-state index in [-0.39, 0.29) is 5.97 Å². The van der Waals surface area contributed by atoms with Crippen LogP contribution in [0.2, 0.25) is 0 Å². The highest BCUT2D eigenvalue weighted by atomic mass is 79.9. The Hall–Kier alpha value is -1.09. The van der Waals surface area contributed by atoms with Gasteiger partial charge in [0.05, 0.1) is 12.7 Å². The van der Waals surface area contributed by atoms with Gasteiger partial charge < -0.3 is 4.74 Å². The number of hydrogen-bond donors (Lipinski definition) is 0. The Kier molecular flexibility index (Phi) is 5.26. The minimum atomic E-state index is -0.282. The van der Waals surface area contributed by atoms with Crippen LogP contribution in [0.4, 0.5) is 0 Å². The molecule has 1 aromatic carbocycles. The van der Waals surface area contributed by atoms with E-state index in [2.05, 4.69) is 15.9 Å². The number of methoxy groups -OCH3 is 1. The number of allylic oxidation sites excluding steroid dienone is 1. The fourth-order valence-electron chi connectivity index (χ4n) is 1.52. The molecular weight excluding hydrogens is 268 g/mol. The van der Waals surface area contributed by atoms with Gasteiger partial charge >= 0.3 is 5.97 Å². The van der Waals surface area contributed by atoms with E-state index in [0.717, 1.165) is 22.9 Å². The van der Waals surface area contributed by atoms with Crippen molar-refractivity contribution in [2.45, 2.75) is 18.7 Å². The summed E-state index contributed by atoms with van der Waals surface area (Å²) in [5, 5.41) is 0.723. The summed E-state index contributed by atoms with van der Waals surface area (Å²) in [6.07, 6.45) is 2.70. The zero-order chi connectivity index (χ0) is 12.0. The molecule has 0 radical (unpaired) electrons. The predicted molar refractivity (Wildman–Crippen MR) is 69.4 cm³/mol. The average Bonchev–Trinajstić information content (AvgIpc) is 2.35. The third kappa shape index (κ3) is 2.95. The second-order valence-corrected chi connectivity index (χ2v) is 3.87. The van der Waals surface area contributed by atoms with Crippen LogP contribution in [0.15, 0.2) is 30.3 Å². The molecule has 0 aromatic heterocycles. The lowest BCUT2D eigenvalue weighted by Crippen LogP contribution is -2.05. The second-order valence-electron chi connectivity index (χ2n) is 3.31. The van der Waals surface area contributed by atoms with Gasteiger partial charge in [-0.1, -0.05) is 53.2 Å². The largest absolute Gasteiger partial charge is 0.465 e. The normalized spacial score (nSPS) is 11.3. The molecule has 0 atom stereocenters. The Labute approximate surface area is 104 Å². The lowest BCUT2D eigenvalue weighted by Gasteiger charge is -2.09. The zero-order valence-corrected chi connectivity index (χ0v) is 11.1. The number of rotatable bonds is 4. The van der Waals surface area contributed by atoms with Crippen LogP contribution in [0.5, 0.6) is 0 Å². The number of carbonyl (C=O) groups excluding carboxylic acids is 1. The highest BCUT2D eigenvalue weighted by Crippen LogP contribution is 2.22. The van der Waals surface area contributed by atoms with E-state index in [9.17, 15) is 4.79 Å². The van der Waals surface area contributed by atoms with Gasteiger partial charge in [-0.15, -0.1) is 0 Å². The van der Waals surface area contributed by atoms with Crippen LogP contribution in [-0.2, 0) is 14.9 Å². The van der Waals surface area contributed by atoms with E-state index in [1.54, 1.807) is 0 Å². The van der Waals surface area contributed by atoms with Gasteiger partial charge in [0.15, 0.2) is 0 Å². The van der Waals surface area contributed by atoms with Gasteiger partial charge in [0.1, 0.15) is 0 Å². The number of carbonyl (C=O) groups is 1. The average molecular weight is 283 g/mol. The molecule has 86 valence electrons. The molecule has 3 heteroatoms.